The molecule has 3 aliphatic rings. The molecule has 3 aromatic rings. The molecule has 2 bridgehead atoms. The molecule has 0 unspecified atom stereocenters. The lowest BCUT2D eigenvalue weighted by Crippen LogP contribution is -2.59. The first-order chi connectivity index (χ1) is 14.8. The van der Waals surface area contributed by atoms with E-state index in [-0.39, 0.29) is 0 Å². The van der Waals surface area contributed by atoms with E-state index in [0.717, 1.165) is 0 Å². The second-order valence-corrected chi connectivity index (χ2v) is 8.79. The summed E-state index contributed by atoms with van der Waals surface area (Å²) in [5.41, 5.74) is 5.33. The Morgan fingerprint density at radius 1 is 0.800 bits per heavy atom. The van der Waals surface area contributed by atoms with E-state index in [1.54, 1.807) is 0 Å². The van der Waals surface area contributed by atoms with Gasteiger partial charge in [-0.25, -0.2) is 0 Å². The van der Waals surface area contributed by atoms with Gasteiger partial charge in [-0.2, -0.15) is 0 Å². The van der Waals surface area contributed by atoms with Crippen molar-refractivity contribution in [3.05, 3.63) is 107 Å². The number of hydrogen-bond acceptors (Lipinski definition) is 2. The third kappa shape index (κ3) is 3.73. The van der Waals surface area contributed by atoms with Crippen LogP contribution in [0.1, 0.15) is 41.0 Å². The molecule has 6 rings (SSSR count). The number of piperidine rings is 3. The van der Waals surface area contributed by atoms with Crippen LogP contribution in [0.2, 0.25) is 0 Å². The SMILES string of the molecule is Cc1ccccc1/C=N/[C@@H]1C2CCN(CC2)[C@H]1C(c1ccccc1)c1ccccc1. The van der Waals surface area contributed by atoms with Crippen LogP contribution in [0.25, 0.3) is 0 Å². The minimum absolute atomic E-state index is 0.331. The van der Waals surface area contributed by atoms with E-state index < -0.39 is 0 Å². The zero-order chi connectivity index (χ0) is 20.3. The number of aliphatic imine (C=N–C) groups is 1. The van der Waals surface area contributed by atoms with Gasteiger partial charge in [0.15, 0.2) is 0 Å². The normalized spacial score (nSPS) is 25.8. The number of hydrogen-bond donors (Lipinski definition) is 0. The van der Waals surface area contributed by atoms with Gasteiger partial charge in [0.25, 0.3) is 0 Å². The topological polar surface area (TPSA) is 15.6 Å². The van der Waals surface area contributed by atoms with Gasteiger partial charge in [-0.3, -0.25) is 9.89 Å². The lowest BCUT2D eigenvalue weighted by molar-refractivity contribution is 0.0215. The molecule has 0 aliphatic carbocycles. The number of aryl methyl sites for hydroxylation is 1. The van der Waals surface area contributed by atoms with E-state index >= 15 is 0 Å². The van der Waals surface area contributed by atoms with Crippen LogP contribution in [0.15, 0.2) is 89.9 Å². The third-order valence-electron chi connectivity index (χ3n) is 7.06. The van der Waals surface area contributed by atoms with Crippen molar-refractivity contribution in [2.75, 3.05) is 13.1 Å². The van der Waals surface area contributed by atoms with Crippen molar-refractivity contribution in [1.29, 1.82) is 0 Å². The quantitative estimate of drug-likeness (QED) is 0.506. The number of rotatable bonds is 5. The standard InChI is InChI=1S/C28H30N2/c1-21-10-8-9-15-25(21)20-29-27-24-16-18-30(19-17-24)28(27)26(22-11-4-2-5-12-22)23-13-6-3-7-14-23/h2-15,20,24,26-28H,16-19H2,1H3/b29-20+/t27-,28+/m1/s1. The fraction of sp³-hybridized carbons (Fsp3) is 0.321. The lowest BCUT2D eigenvalue weighted by Gasteiger charge is -2.52. The Labute approximate surface area is 180 Å². The van der Waals surface area contributed by atoms with Crippen molar-refractivity contribution in [3.63, 3.8) is 0 Å². The average molecular weight is 395 g/mol. The van der Waals surface area contributed by atoms with Gasteiger partial charge < -0.3 is 0 Å². The zero-order valence-electron chi connectivity index (χ0n) is 17.7. The highest BCUT2D eigenvalue weighted by molar-refractivity contribution is 5.81. The molecule has 3 heterocycles. The van der Waals surface area contributed by atoms with E-state index in [2.05, 4.69) is 103 Å². The van der Waals surface area contributed by atoms with E-state index in [0.29, 0.717) is 23.9 Å². The van der Waals surface area contributed by atoms with Crippen LogP contribution in [0.3, 0.4) is 0 Å². The predicted molar refractivity (Wildman–Crippen MR) is 125 cm³/mol. The molecule has 0 radical (unpaired) electrons. The summed E-state index contributed by atoms with van der Waals surface area (Å²) in [5.74, 6) is 1.02. The van der Waals surface area contributed by atoms with Gasteiger partial charge in [0, 0.05) is 18.2 Å². The Morgan fingerprint density at radius 3 is 1.97 bits per heavy atom. The highest BCUT2D eigenvalue weighted by Crippen LogP contribution is 2.43. The summed E-state index contributed by atoms with van der Waals surface area (Å²) in [6.45, 7) is 4.57. The maximum absolute atomic E-state index is 5.28. The van der Waals surface area contributed by atoms with Gasteiger partial charge in [-0.05, 0) is 61.0 Å². The van der Waals surface area contributed by atoms with E-state index in [4.69, 9.17) is 4.99 Å². The van der Waals surface area contributed by atoms with Gasteiger partial charge in [0.1, 0.15) is 0 Å². The molecule has 2 atom stereocenters. The second-order valence-electron chi connectivity index (χ2n) is 8.79. The first-order valence-corrected chi connectivity index (χ1v) is 11.2. The first kappa shape index (κ1) is 19.3. The fourth-order valence-electron chi connectivity index (χ4n) is 5.48. The van der Waals surface area contributed by atoms with Crippen LogP contribution in [0.5, 0.6) is 0 Å². The fourth-order valence-corrected chi connectivity index (χ4v) is 5.48. The maximum atomic E-state index is 5.28. The highest BCUT2D eigenvalue weighted by Gasteiger charge is 2.46. The third-order valence-corrected chi connectivity index (χ3v) is 7.06. The molecule has 0 saturated carbocycles. The summed E-state index contributed by atoms with van der Waals surface area (Å²) in [5, 5.41) is 0. The Kier molecular flexibility index (Phi) is 5.50. The van der Waals surface area contributed by atoms with E-state index in [1.807, 2.05) is 0 Å². The molecule has 3 aromatic carbocycles. The molecular formula is C28H30N2. The lowest BCUT2D eigenvalue weighted by atomic mass is 9.71. The maximum Gasteiger partial charge on any atom is 0.0693 e. The van der Waals surface area contributed by atoms with Gasteiger partial charge in [-0.15, -0.1) is 0 Å². The Balaban J connectivity index is 1.56. The summed E-state index contributed by atoms with van der Waals surface area (Å²) in [4.78, 5) is 8.00. The Morgan fingerprint density at radius 2 is 1.37 bits per heavy atom. The first-order valence-electron chi connectivity index (χ1n) is 11.2. The number of benzene rings is 3. The Bertz CT molecular complexity index is 948. The zero-order valence-corrected chi connectivity index (χ0v) is 17.7. The van der Waals surface area contributed by atoms with Gasteiger partial charge in [0.05, 0.1) is 6.04 Å². The minimum Gasteiger partial charge on any atom is -0.297 e. The smallest absolute Gasteiger partial charge is 0.0693 e. The summed E-state index contributed by atoms with van der Waals surface area (Å²) >= 11 is 0. The monoisotopic (exact) mass is 394 g/mol. The second kappa shape index (κ2) is 8.57. The van der Waals surface area contributed by atoms with Crippen molar-refractivity contribution >= 4 is 6.21 Å². The number of fused-ring (bicyclic) bond motifs is 3. The molecule has 0 spiro atoms. The van der Waals surface area contributed by atoms with Crippen LogP contribution < -0.4 is 0 Å². The van der Waals surface area contributed by atoms with Crippen LogP contribution in [-0.2, 0) is 0 Å². The van der Waals surface area contributed by atoms with Crippen molar-refractivity contribution in [2.24, 2.45) is 10.9 Å². The summed E-state index contributed by atoms with van der Waals surface area (Å²) < 4.78 is 0. The molecule has 3 aliphatic heterocycles. The predicted octanol–water partition coefficient (Wildman–Crippen LogP) is 5.71. The largest absolute Gasteiger partial charge is 0.297 e. The molecular weight excluding hydrogens is 364 g/mol. The molecule has 3 fully saturated rings. The van der Waals surface area contributed by atoms with Crippen LogP contribution >= 0.6 is 0 Å². The van der Waals surface area contributed by atoms with E-state index in [9.17, 15) is 0 Å². The van der Waals surface area contributed by atoms with Crippen molar-refractivity contribution in [3.8, 4) is 0 Å². The average Bonchev–Trinajstić information content (AvgIpc) is 2.81. The molecule has 0 aromatic heterocycles. The van der Waals surface area contributed by atoms with Gasteiger partial charge in [0.2, 0.25) is 0 Å². The van der Waals surface area contributed by atoms with Crippen molar-refractivity contribution in [2.45, 2.75) is 37.8 Å². The van der Waals surface area contributed by atoms with Crippen LogP contribution in [-0.4, -0.2) is 36.3 Å². The Hall–Kier alpha value is -2.71. The molecule has 152 valence electrons. The van der Waals surface area contributed by atoms with Crippen molar-refractivity contribution in [1.82, 2.24) is 4.90 Å². The van der Waals surface area contributed by atoms with Gasteiger partial charge >= 0.3 is 0 Å². The molecule has 3 saturated heterocycles. The van der Waals surface area contributed by atoms with Gasteiger partial charge in [-0.1, -0.05) is 84.9 Å². The molecule has 2 nitrogen and oxygen atoms in total. The van der Waals surface area contributed by atoms with Crippen LogP contribution in [0.4, 0.5) is 0 Å². The molecule has 0 N–H and O–H groups in total. The summed E-state index contributed by atoms with van der Waals surface area (Å²) in [7, 11) is 0. The summed E-state index contributed by atoms with van der Waals surface area (Å²) in [6, 6.07) is 31.4. The van der Waals surface area contributed by atoms with Crippen LogP contribution in [0, 0.1) is 12.8 Å². The molecule has 30 heavy (non-hydrogen) atoms. The molecule has 0 amide bonds. The summed E-state index contributed by atoms with van der Waals surface area (Å²) in [6.07, 6.45) is 4.67. The number of nitrogens with zero attached hydrogens (tertiary/aromatic N) is 2. The molecule has 2 heteroatoms. The minimum atomic E-state index is 0.331. The van der Waals surface area contributed by atoms with E-state index in [1.165, 1.54) is 48.2 Å². The highest BCUT2D eigenvalue weighted by atomic mass is 15.2. The van der Waals surface area contributed by atoms with Crippen molar-refractivity contribution < 1.29 is 0 Å².